The van der Waals surface area contributed by atoms with Gasteiger partial charge in [-0.3, -0.25) is 0 Å². The van der Waals surface area contributed by atoms with Crippen molar-refractivity contribution in [3.05, 3.63) is 6.42 Å². The van der Waals surface area contributed by atoms with Crippen molar-refractivity contribution >= 4 is 11.8 Å². The standard InChI is InChI=1S/C8H17S/c1-3-5-7-9-8-6-4-2/h3H,4-8H2,1-2H3. The van der Waals surface area contributed by atoms with Crippen LogP contribution < -0.4 is 0 Å². The topological polar surface area (TPSA) is 0 Å². The van der Waals surface area contributed by atoms with Gasteiger partial charge < -0.3 is 0 Å². The van der Waals surface area contributed by atoms with Crippen LogP contribution >= 0.6 is 11.8 Å². The highest BCUT2D eigenvalue weighted by molar-refractivity contribution is 7.99. The summed E-state index contributed by atoms with van der Waals surface area (Å²) in [6.45, 7) is 4.37. The third-order valence-corrected chi connectivity index (χ3v) is 2.29. The molecule has 0 rings (SSSR count). The Morgan fingerprint density at radius 1 is 1.33 bits per heavy atom. The highest BCUT2D eigenvalue weighted by atomic mass is 32.2. The molecule has 0 aromatic rings. The molecule has 0 saturated carbocycles. The summed E-state index contributed by atoms with van der Waals surface area (Å²) in [6.07, 6.45) is 6.23. The van der Waals surface area contributed by atoms with Crippen LogP contribution in [0.1, 0.15) is 33.1 Å². The molecule has 0 aliphatic rings. The van der Waals surface area contributed by atoms with Crippen molar-refractivity contribution in [1.29, 1.82) is 0 Å². The zero-order valence-electron chi connectivity index (χ0n) is 6.52. The molecule has 0 nitrogen and oxygen atoms in total. The molecule has 0 heterocycles. The van der Waals surface area contributed by atoms with Crippen molar-refractivity contribution in [3.63, 3.8) is 0 Å². The fourth-order valence-corrected chi connectivity index (χ4v) is 1.65. The molecule has 1 heteroatoms. The zero-order valence-corrected chi connectivity index (χ0v) is 7.34. The molecule has 0 spiro atoms. The summed E-state index contributed by atoms with van der Waals surface area (Å²) in [6, 6.07) is 0. The second-order valence-corrected chi connectivity index (χ2v) is 3.39. The molecule has 0 N–H and O–H groups in total. The van der Waals surface area contributed by atoms with E-state index in [1.165, 1.54) is 30.8 Å². The molecule has 0 atom stereocenters. The lowest BCUT2D eigenvalue weighted by Gasteiger charge is -1.96. The van der Waals surface area contributed by atoms with Gasteiger partial charge in [-0.15, -0.1) is 0 Å². The molecule has 0 amide bonds. The van der Waals surface area contributed by atoms with Gasteiger partial charge in [0, 0.05) is 0 Å². The van der Waals surface area contributed by atoms with E-state index in [1.807, 2.05) is 0 Å². The minimum Gasteiger partial charge on any atom is -0.162 e. The number of unbranched alkanes of at least 4 members (excludes halogenated alkanes) is 2. The average molecular weight is 145 g/mol. The third-order valence-electron chi connectivity index (χ3n) is 1.19. The summed E-state index contributed by atoms with van der Waals surface area (Å²) in [4.78, 5) is 0. The lowest BCUT2D eigenvalue weighted by atomic mass is 10.4. The normalized spacial score (nSPS) is 10.0. The molecule has 1 radical (unpaired) electrons. The Bertz CT molecular complexity index is 37.8. The maximum Gasteiger partial charge on any atom is -0.00649 e. The van der Waals surface area contributed by atoms with Crippen LogP contribution in [0.25, 0.3) is 0 Å². The minimum absolute atomic E-state index is 1.27. The van der Waals surface area contributed by atoms with Gasteiger partial charge in [0.25, 0.3) is 0 Å². The van der Waals surface area contributed by atoms with Crippen molar-refractivity contribution in [2.45, 2.75) is 33.1 Å². The first kappa shape index (κ1) is 9.35. The van der Waals surface area contributed by atoms with E-state index in [9.17, 15) is 0 Å². The van der Waals surface area contributed by atoms with Gasteiger partial charge in [-0.05, 0) is 30.8 Å². The van der Waals surface area contributed by atoms with Crippen molar-refractivity contribution in [2.75, 3.05) is 11.5 Å². The Morgan fingerprint density at radius 3 is 2.67 bits per heavy atom. The Balaban J connectivity index is 2.60. The maximum atomic E-state index is 2.24. The highest BCUT2D eigenvalue weighted by Crippen LogP contribution is 2.06. The van der Waals surface area contributed by atoms with Crippen molar-refractivity contribution < 1.29 is 0 Å². The van der Waals surface area contributed by atoms with Crippen LogP contribution in [0, 0.1) is 6.42 Å². The number of thioether (sulfide) groups is 1. The number of hydrogen-bond donors (Lipinski definition) is 0. The molecule has 0 aliphatic carbocycles. The van der Waals surface area contributed by atoms with Crippen LogP contribution in [0.3, 0.4) is 0 Å². The lowest BCUT2D eigenvalue weighted by Crippen LogP contribution is -1.81. The van der Waals surface area contributed by atoms with Crippen molar-refractivity contribution in [1.82, 2.24) is 0 Å². The summed E-state index contributed by atoms with van der Waals surface area (Å²) in [5, 5.41) is 0. The molecular formula is C8H17S. The third kappa shape index (κ3) is 8.35. The molecule has 0 bridgehead atoms. The van der Waals surface area contributed by atoms with Crippen LogP contribution in [0.5, 0.6) is 0 Å². The Kier molecular flexibility index (Phi) is 8.67. The minimum atomic E-state index is 1.27. The Hall–Kier alpha value is 0.350. The van der Waals surface area contributed by atoms with Crippen molar-refractivity contribution in [3.8, 4) is 0 Å². The quantitative estimate of drug-likeness (QED) is 0.517. The predicted molar refractivity (Wildman–Crippen MR) is 46.8 cm³/mol. The predicted octanol–water partition coefficient (Wildman–Crippen LogP) is 3.13. The van der Waals surface area contributed by atoms with Gasteiger partial charge in [0.15, 0.2) is 0 Å². The number of hydrogen-bond acceptors (Lipinski definition) is 1. The van der Waals surface area contributed by atoms with E-state index in [4.69, 9.17) is 0 Å². The van der Waals surface area contributed by atoms with E-state index in [-0.39, 0.29) is 0 Å². The van der Waals surface area contributed by atoms with Gasteiger partial charge in [-0.25, -0.2) is 0 Å². The molecular weight excluding hydrogens is 128 g/mol. The van der Waals surface area contributed by atoms with E-state index in [0.717, 1.165) is 0 Å². The maximum absolute atomic E-state index is 2.24. The van der Waals surface area contributed by atoms with E-state index >= 15 is 0 Å². The van der Waals surface area contributed by atoms with Gasteiger partial charge in [0.05, 0.1) is 0 Å². The zero-order chi connectivity index (χ0) is 6.95. The average Bonchev–Trinajstić information content (AvgIpc) is 1.89. The van der Waals surface area contributed by atoms with Crippen LogP contribution in [0.2, 0.25) is 0 Å². The summed E-state index contributed by atoms with van der Waals surface area (Å²) >= 11 is 2.07. The second-order valence-electron chi connectivity index (χ2n) is 2.16. The molecule has 0 unspecified atom stereocenters. The van der Waals surface area contributed by atoms with Crippen LogP contribution in [-0.4, -0.2) is 11.5 Å². The summed E-state index contributed by atoms with van der Waals surface area (Å²) in [7, 11) is 0. The van der Waals surface area contributed by atoms with E-state index in [1.54, 1.807) is 0 Å². The fourth-order valence-electron chi connectivity index (χ4n) is 0.550. The van der Waals surface area contributed by atoms with Crippen LogP contribution in [0.15, 0.2) is 0 Å². The van der Waals surface area contributed by atoms with E-state index in [0.29, 0.717) is 0 Å². The van der Waals surface area contributed by atoms with Crippen LogP contribution in [0.4, 0.5) is 0 Å². The molecule has 0 aromatic heterocycles. The first-order valence-corrected chi connectivity index (χ1v) is 4.92. The lowest BCUT2D eigenvalue weighted by molar-refractivity contribution is 0.895. The van der Waals surface area contributed by atoms with Crippen LogP contribution in [-0.2, 0) is 0 Å². The summed E-state index contributed by atoms with van der Waals surface area (Å²) < 4.78 is 0. The Labute approximate surface area is 63.4 Å². The Morgan fingerprint density at radius 2 is 2.11 bits per heavy atom. The molecule has 0 aliphatic heterocycles. The monoisotopic (exact) mass is 145 g/mol. The molecule has 0 fully saturated rings. The number of rotatable bonds is 6. The molecule has 55 valence electrons. The fraction of sp³-hybridized carbons (Fsp3) is 0.875. The second kappa shape index (κ2) is 8.35. The van der Waals surface area contributed by atoms with Gasteiger partial charge in [0.2, 0.25) is 0 Å². The first-order chi connectivity index (χ1) is 4.41. The summed E-state index contributed by atoms with van der Waals surface area (Å²) in [5.41, 5.74) is 0. The van der Waals surface area contributed by atoms with Crippen molar-refractivity contribution in [2.24, 2.45) is 0 Å². The van der Waals surface area contributed by atoms with E-state index in [2.05, 4.69) is 32.0 Å². The largest absolute Gasteiger partial charge is 0.162 e. The molecule has 0 aromatic carbocycles. The van der Waals surface area contributed by atoms with Gasteiger partial charge in [-0.1, -0.05) is 20.3 Å². The molecule has 0 saturated heterocycles. The molecule has 9 heavy (non-hydrogen) atoms. The SMILES string of the molecule is C[CH]CCSCCCC. The first-order valence-electron chi connectivity index (χ1n) is 3.77. The summed E-state index contributed by atoms with van der Waals surface area (Å²) in [5.74, 6) is 2.67. The van der Waals surface area contributed by atoms with Gasteiger partial charge >= 0.3 is 0 Å². The smallest absolute Gasteiger partial charge is 0.00649 e. The van der Waals surface area contributed by atoms with E-state index < -0.39 is 0 Å². The van der Waals surface area contributed by atoms with Gasteiger partial charge in [-0.2, -0.15) is 11.8 Å². The van der Waals surface area contributed by atoms with Gasteiger partial charge in [0.1, 0.15) is 0 Å². The highest BCUT2D eigenvalue weighted by Gasteiger charge is 1.85.